The summed E-state index contributed by atoms with van der Waals surface area (Å²) in [4.78, 5) is 14.0. The van der Waals surface area contributed by atoms with Crippen molar-refractivity contribution in [2.45, 2.75) is 0 Å². The predicted molar refractivity (Wildman–Crippen MR) is 84.1 cm³/mol. The van der Waals surface area contributed by atoms with Crippen molar-refractivity contribution < 1.29 is 9.53 Å². The van der Waals surface area contributed by atoms with Crippen molar-refractivity contribution in [3.8, 4) is 11.8 Å². The van der Waals surface area contributed by atoms with Crippen LogP contribution in [0.2, 0.25) is 0 Å². The molecular weight excluding hydrogens is 266 g/mol. The molecule has 21 heavy (non-hydrogen) atoms. The highest BCUT2D eigenvalue weighted by Gasteiger charge is 2.04. The summed E-state index contributed by atoms with van der Waals surface area (Å²) in [6.07, 6.45) is 0. The Morgan fingerprint density at radius 2 is 2.19 bits per heavy atom. The second kappa shape index (κ2) is 9.94. The molecule has 0 atom stereocenters. The van der Waals surface area contributed by atoms with Gasteiger partial charge >= 0.3 is 0 Å². The fourth-order valence-electron chi connectivity index (χ4n) is 1.58. The van der Waals surface area contributed by atoms with E-state index in [1.165, 1.54) is 0 Å². The average Bonchev–Trinajstić information content (AvgIpc) is 2.48. The number of hydrogen-bond donors (Lipinski definition) is 2. The van der Waals surface area contributed by atoms with E-state index >= 15 is 0 Å². The maximum Gasteiger partial charge on any atom is 0.251 e. The maximum atomic E-state index is 12.0. The zero-order valence-electron chi connectivity index (χ0n) is 12.7. The third-order valence-electron chi connectivity index (χ3n) is 2.67. The molecule has 3 N–H and O–H groups in total. The Balaban J connectivity index is 2.35. The molecule has 1 aromatic rings. The van der Waals surface area contributed by atoms with Crippen LogP contribution in [0.3, 0.4) is 0 Å². The van der Waals surface area contributed by atoms with E-state index in [4.69, 9.17) is 10.5 Å². The maximum absolute atomic E-state index is 12.0. The number of benzene rings is 1. The highest BCUT2D eigenvalue weighted by molar-refractivity contribution is 5.94. The molecule has 114 valence electrons. The van der Waals surface area contributed by atoms with Gasteiger partial charge in [-0.2, -0.15) is 0 Å². The molecule has 0 heterocycles. The number of amides is 1. The Labute approximate surface area is 126 Å². The Kier molecular flexibility index (Phi) is 8.14. The van der Waals surface area contributed by atoms with Gasteiger partial charge in [-0.15, -0.1) is 0 Å². The molecule has 0 aromatic heterocycles. The van der Waals surface area contributed by atoms with E-state index in [2.05, 4.69) is 17.2 Å². The van der Waals surface area contributed by atoms with E-state index in [0.29, 0.717) is 31.9 Å². The van der Waals surface area contributed by atoms with E-state index in [-0.39, 0.29) is 5.91 Å². The van der Waals surface area contributed by atoms with Crippen molar-refractivity contribution in [1.29, 1.82) is 0 Å². The second-order valence-corrected chi connectivity index (χ2v) is 4.76. The van der Waals surface area contributed by atoms with Gasteiger partial charge in [-0.1, -0.05) is 17.9 Å². The molecule has 0 radical (unpaired) electrons. The second-order valence-electron chi connectivity index (χ2n) is 4.76. The van der Waals surface area contributed by atoms with Crippen LogP contribution < -0.4 is 11.1 Å². The van der Waals surface area contributed by atoms with E-state index in [9.17, 15) is 4.79 Å². The van der Waals surface area contributed by atoms with Gasteiger partial charge in [0.05, 0.1) is 19.8 Å². The van der Waals surface area contributed by atoms with Crippen LogP contribution in [-0.2, 0) is 4.74 Å². The summed E-state index contributed by atoms with van der Waals surface area (Å²) in [5.74, 6) is 5.56. The van der Waals surface area contributed by atoms with Gasteiger partial charge in [-0.25, -0.2) is 0 Å². The highest BCUT2D eigenvalue weighted by Crippen LogP contribution is 2.03. The smallest absolute Gasteiger partial charge is 0.251 e. The standard InChI is InChI=1S/C16H23N3O2/c1-19(2)10-12-21-11-9-18-16(20)15-7-3-5-14(13-15)6-4-8-17/h3,5,7,13H,8-12,17H2,1-2H3,(H,18,20). The Morgan fingerprint density at radius 3 is 2.90 bits per heavy atom. The number of ether oxygens (including phenoxy) is 1. The van der Waals surface area contributed by atoms with Crippen molar-refractivity contribution in [3.63, 3.8) is 0 Å². The normalized spacial score (nSPS) is 10.1. The minimum absolute atomic E-state index is 0.123. The number of nitrogens with two attached hydrogens (primary N) is 1. The van der Waals surface area contributed by atoms with Crippen molar-refractivity contribution in [2.75, 3.05) is 46.9 Å². The number of rotatable bonds is 7. The van der Waals surface area contributed by atoms with Crippen LogP contribution in [0.5, 0.6) is 0 Å². The Hall–Kier alpha value is -1.87. The quantitative estimate of drug-likeness (QED) is 0.560. The first-order chi connectivity index (χ1) is 10.1. The molecule has 1 aromatic carbocycles. The molecule has 0 fully saturated rings. The molecule has 0 saturated heterocycles. The molecule has 0 aliphatic carbocycles. The van der Waals surface area contributed by atoms with Gasteiger partial charge in [0.15, 0.2) is 0 Å². The predicted octanol–water partition coefficient (Wildman–Crippen LogP) is 0.305. The molecule has 0 saturated carbocycles. The van der Waals surface area contributed by atoms with E-state index in [0.717, 1.165) is 12.1 Å². The van der Waals surface area contributed by atoms with E-state index in [1.807, 2.05) is 31.1 Å². The number of nitrogens with zero attached hydrogens (tertiary/aromatic N) is 1. The number of carbonyl (C=O) groups is 1. The Bertz CT molecular complexity index is 504. The van der Waals surface area contributed by atoms with Gasteiger partial charge in [-0.3, -0.25) is 4.79 Å². The van der Waals surface area contributed by atoms with Crippen LogP contribution in [0.1, 0.15) is 15.9 Å². The molecule has 0 spiro atoms. The topological polar surface area (TPSA) is 67.6 Å². The summed E-state index contributed by atoms with van der Waals surface area (Å²) in [6.45, 7) is 2.83. The molecule has 0 unspecified atom stereocenters. The van der Waals surface area contributed by atoms with Gasteiger partial charge in [0.2, 0.25) is 0 Å². The zero-order valence-corrected chi connectivity index (χ0v) is 12.7. The first-order valence-electron chi connectivity index (χ1n) is 6.93. The largest absolute Gasteiger partial charge is 0.378 e. The first-order valence-corrected chi connectivity index (χ1v) is 6.93. The third-order valence-corrected chi connectivity index (χ3v) is 2.67. The molecule has 0 aliphatic heterocycles. The van der Waals surface area contributed by atoms with Crippen molar-refractivity contribution >= 4 is 5.91 Å². The van der Waals surface area contributed by atoms with E-state index < -0.39 is 0 Å². The van der Waals surface area contributed by atoms with Crippen molar-refractivity contribution in [2.24, 2.45) is 5.73 Å². The zero-order chi connectivity index (χ0) is 15.5. The fraction of sp³-hybridized carbons (Fsp3) is 0.438. The molecule has 0 bridgehead atoms. The number of likely N-dealkylation sites (N-methyl/N-ethyl adjacent to an activating group) is 1. The third kappa shape index (κ3) is 7.47. The SMILES string of the molecule is CN(C)CCOCCNC(=O)c1cccc(C#CCN)c1. The minimum Gasteiger partial charge on any atom is -0.378 e. The lowest BCUT2D eigenvalue weighted by molar-refractivity contribution is 0.0900. The molecular formula is C16H23N3O2. The summed E-state index contributed by atoms with van der Waals surface area (Å²) >= 11 is 0. The summed E-state index contributed by atoms with van der Waals surface area (Å²) < 4.78 is 5.41. The van der Waals surface area contributed by atoms with E-state index in [1.54, 1.807) is 12.1 Å². The van der Waals surface area contributed by atoms with Crippen molar-refractivity contribution in [1.82, 2.24) is 10.2 Å². The summed E-state index contributed by atoms with van der Waals surface area (Å²) in [6, 6.07) is 7.17. The number of carbonyl (C=O) groups excluding carboxylic acids is 1. The van der Waals surface area contributed by atoms with Crippen LogP contribution >= 0.6 is 0 Å². The molecule has 5 nitrogen and oxygen atoms in total. The number of nitrogens with one attached hydrogen (secondary N) is 1. The fourth-order valence-corrected chi connectivity index (χ4v) is 1.58. The molecule has 0 aliphatic rings. The lowest BCUT2D eigenvalue weighted by Crippen LogP contribution is -2.28. The minimum atomic E-state index is -0.123. The van der Waals surface area contributed by atoms with Gasteiger partial charge in [-0.05, 0) is 32.3 Å². The van der Waals surface area contributed by atoms with Crippen LogP contribution in [-0.4, -0.2) is 57.8 Å². The lowest BCUT2D eigenvalue weighted by Gasteiger charge is -2.10. The molecule has 1 rings (SSSR count). The highest BCUT2D eigenvalue weighted by atomic mass is 16.5. The van der Waals surface area contributed by atoms with Gasteiger partial charge in [0.25, 0.3) is 5.91 Å². The molecule has 1 amide bonds. The van der Waals surface area contributed by atoms with Crippen molar-refractivity contribution in [3.05, 3.63) is 35.4 Å². The summed E-state index contributed by atoms with van der Waals surface area (Å²) in [7, 11) is 3.98. The lowest BCUT2D eigenvalue weighted by atomic mass is 10.1. The van der Waals surface area contributed by atoms with Crippen LogP contribution in [0, 0.1) is 11.8 Å². The monoisotopic (exact) mass is 289 g/mol. The van der Waals surface area contributed by atoms with Gasteiger partial charge in [0.1, 0.15) is 0 Å². The van der Waals surface area contributed by atoms with Crippen LogP contribution in [0.4, 0.5) is 0 Å². The Morgan fingerprint density at radius 1 is 1.38 bits per heavy atom. The van der Waals surface area contributed by atoms with Gasteiger partial charge < -0.3 is 20.7 Å². The number of hydrogen-bond acceptors (Lipinski definition) is 4. The summed E-state index contributed by atoms with van der Waals surface area (Å²) in [5, 5.41) is 2.82. The van der Waals surface area contributed by atoms with Crippen LogP contribution in [0.25, 0.3) is 0 Å². The molecule has 5 heteroatoms. The van der Waals surface area contributed by atoms with Crippen LogP contribution in [0.15, 0.2) is 24.3 Å². The van der Waals surface area contributed by atoms with Gasteiger partial charge in [0, 0.05) is 24.2 Å². The first kappa shape index (κ1) is 17.2. The summed E-state index contributed by atoms with van der Waals surface area (Å²) in [5.41, 5.74) is 6.71. The average molecular weight is 289 g/mol.